The lowest BCUT2D eigenvalue weighted by Crippen LogP contribution is -2.35. The van der Waals surface area contributed by atoms with Gasteiger partial charge in [0.1, 0.15) is 0 Å². The van der Waals surface area contributed by atoms with Crippen molar-refractivity contribution in [1.29, 1.82) is 0 Å². The number of allylic oxidation sites excluding steroid dienone is 3. The van der Waals surface area contributed by atoms with Crippen molar-refractivity contribution in [2.75, 3.05) is 27.7 Å². The van der Waals surface area contributed by atoms with Crippen LogP contribution in [-0.2, 0) is 0 Å². The van der Waals surface area contributed by atoms with E-state index in [1.54, 1.807) is 0 Å². The molecule has 0 aromatic rings. The van der Waals surface area contributed by atoms with Crippen LogP contribution in [0.25, 0.3) is 0 Å². The van der Waals surface area contributed by atoms with Crippen molar-refractivity contribution in [3.05, 3.63) is 23.8 Å². The molecule has 0 amide bonds. The Morgan fingerprint density at radius 2 is 1.67 bits per heavy atom. The van der Waals surface area contributed by atoms with Crippen LogP contribution in [0.1, 0.15) is 45.4 Å². The third-order valence-electron chi connectivity index (χ3n) is 2.88. The van der Waals surface area contributed by atoms with Crippen molar-refractivity contribution in [2.24, 2.45) is 0 Å². The molecule has 0 unspecified atom stereocenters. The van der Waals surface area contributed by atoms with E-state index in [4.69, 9.17) is 6.42 Å². The second-order valence-electron chi connectivity index (χ2n) is 6.19. The van der Waals surface area contributed by atoms with E-state index >= 15 is 0 Å². The first-order chi connectivity index (χ1) is 8.35. The summed E-state index contributed by atoms with van der Waals surface area (Å²) in [4.78, 5) is 0. The molecule has 0 saturated heterocycles. The predicted octanol–water partition coefficient (Wildman–Crippen LogP) is 4.17. The van der Waals surface area contributed by atoms with Crippen LogP contribution in [0.15, 0.2) is 23.8 Å². The Balaban J connectivity index is 3.57. The van der Waals surface area contributed by atoms with E-state index in [9.17, 15) is 0 Å². The lowest BCUT2D eigenvalue weighted by molar-refractivity contribution is -0.870. The van der Waals surface area contributed by atoms with Crippen LogP contribution in [0, 0.1) is 12.3 Å². The Hall–Kier alpha value is -1.00. The van der Waals surface area contributed by atoms with E-state index in [2.05, 4.69) is 33.6 Å². The molecule has 0 aromatic heterocycles. The smallest absolute Gasteiger partial charge is 0.0780 e. The minimum absolute atomic E-state index is 1.03. The summed E-state index contributed by atoms with van der Waals surface area (Å²) in [6.07, 6.45) is 15.0. The number of terminal acetylenes is 1. The van der Waals surface area contributed by atoms with E-state index in [0.29, 0.717) is 0 Å². The topological polar surface area (TPSA) is 0 Å². The molecule has 0 aliphatic rings. The van der Waals surface area contributed by atoms with E-state index in [-0.39, 0.29) is 0 Å². The molecular formula is C17H30N+. The monoisotopic (exact) mass is 248 g/mol. The van der Waals surface area contributed by atoms with E-state index in [1.807, 2.05) is 13.0 Å². The normalized spacial score (nSPS) is 12.3. The number of quaternary nitrogens is 1. The van der Waals surface area contributed by atoms with Crippen molar-refractivity contribution in [3.63, 3.8) is 0 Å². The average molecular weight is 248 g/mol. The molecule has 0 aliphatic heterocycles. The minimum Gasteiger partial charge on any atom is -0.331 e. The van der Waals surface area contributed by atoms with E-state index < -0.39 is 0 Å². The Kier molecular flexibility index (Phi) is 8.50. The van der Waals surface area contributed by atoms with Crippen molar-refractivity contribution in [1.82, 2.24) is 0 Å². The summed E-state index contributed by atoms with van der Waals surface area (Å²) in [6, 6.07) is 0. The number of rotatable bonds is 9. The van der Waals surface area contributed by atoms with Crippen LogP contribution < -0.4 is 0 Å². The Labute approximate surface area is 114 Å². The Morgan fingerprint density at radius 3 is 2.17 bits per heavy atom. The highest BCUT2D eigenvalue weighted by Gasteiger charge is 2.05. The zero-order valence-corrected chi connectivity index (χ0v) is 12.8. The summed E-state index contributed by atoms with van der Waals surface area (Å²) >= 11 is 0. The molecule has 0 N–H and O–H groups in total. The zero-order chi connectivity index (χ0) is 14.0. The van der Waals surface area contributed by atoms with Crippen molar-refractivity contribution >= 4 is 0 Å². The molecule has 0 fully saturated rings. The third-order valence-corrected chi connectivity index (χ3v) is 2.88. The second-order valence-corrected chi connectivity index (χ2v) is 6.19. The van der Waals surface area contributed by atoms with Gasteiger partial charge in [0.25, 0.3) is 0 Å². The van der Waals surface area contributed by atoms with Gasteiger partial charge in [0.15, 0.2) is 0 Å². The first kappa shape index (κ1) is 17.0. The SMILES string of the molecule is C#CC(=CC(=C)C)CCCCCCC[N+](C)(C)C. The maximum absolute atomic E-state index is 5.47. The Bertz CT molecular complexity index is 309. The predicted molar refractivity (Wildman–Crippen MR) is 82.3 cm³/mol. The molecule has 0 heterocycles. The van der Waals surface area contributed by atoms with E-state index in [1.165, 1.54) is 38.6 Å². The molecule has 1 heteroatoms. The Morgan fingerprint density at radius 1 is 1.11 bits per heavy atom. The van der Waals surface area contributed by atoms with Crippen LogP contribution in [-0.4, -0.2) is 32.2 Å². The van der Waals surface area contributed by atoms with Gasteiger partial charge in [-0.3, -0.25) is 0 Å². The summed E-state index contributed by atoms with van der Waals surface area (Å²) in [6.45, 7) is 7.12. The van der Waals surface area contributed by atoms with Gasteiger partial charge in [-0.2, -0.15) is 0 Å². The van der Waals surface area contributed by atoms with Crippen LogP contribution >= 0.6 is 0 Å². The van der Waals surface area contributed by atoms with Crippen molar-refractivity contribution in [3.8, 4) is 12.3 Å². The molecule has 0 radical (unpaired) electrons. The maximum atomic E-state index is 5.47. The van der Waals surface area contributed by atoms with Gasteiger partial charge in [-0.05, 0) is 38.7 Å². The second kappa shape index (κ2) is 9.00. The van der Waals surface area contributed by atoms with Gasteiger partial charge >= 0.3 is 0 Å². The molecule has 0 aliphatic carbocycles. The summed E-state index contributed by atoms with van der Waals surface area (Å²) < 4.78 is 1.07. The highest BCUT2D eigenvalue weighted by atomic mass is 15.3. The van der Waals surface area contributed by atoms with Crippen LogP contribution in [0.5, 0.6) is 0 Å². The average Bonchev–Trinajstić information content (AvgIpc) is 2.24. The first-order valence-corrected chi connectivity index (χ1v) is 6.98. The number of hydrogen-bond acceptors (Lipinski definition) is 0. The maximum Gasteiger partial charge on any atom is 0.0780 e. The van der Waals surface area contributed by atoms with Crippen molar-refractivity contribution < 1.29 is 4.48 Å². The van der Waals surface area contributed by atoms with Crippen LogP contribution in [0.2, 0.25) is 0 Å². The van der Waals surface area contributed by atoms with Gasteiger partial charge < -0.3 is 4.48 Å². The van der Waals surface area contributed by atoms with Gasteiger partial charge in [0.2, 0.25) is 0 Å². The number of nitrogens with zero attached hydrogens (tertiary/aromatic N) is 1. The van der Waals surface area contributed by atoms with E-state index in [0.717, 1.165) is 22.1 Å². The molecule has 0 aromatic carbocycles. The molecule has 0 bridgehead atoms. The fourth-order valence-electron chi connectivity index (χ4n) is 1.92. The molecule has 0 spiro atoms. The van der Waals surface area contributed by atoms with Gasteiger partial charge in [0, 0.05) is 5.57 Å². The summed E-state index contributed by atoms with van der Waals surface area (Å²) in [5.41, 5.74) is 2.14. The van der Waals surface area contributed by atoms with Gasteiger partial charge in [-0.1, -0.05) is 30.9 Å². The van der Waals surface area contributed by atoms with Gasteiger partial charge in [0.05, 0.1) is 27.7 Å². The fourth-order valence-corrected chi connectivity index (χ4v) is 1.92. The lowest BCUT2D eigenvalue weighted by Gasteiger charge is -2.23. The molecular weight excluding hydrogens is 218 g/mol. The highest BCUT2D eigenvalue weighted by molar-refractivity contribution is 5.31. The molecule has 18 heavy (non-hydrogen) atoms. The van der Waals surface area contributed by atoms with Crippen LogP contribution in [0.3, 0.4) is 0 Å². The summed E-state index contributed by atoms with van der Waals surface area (Å²) in [5.74, 6) is 2.75. The fraction of sp³-hybridized carbons (Fsp3) is 0.647. The molecule has 102 valence electrons. The first-order valence-electron chi connectivity index (χ1n) is 6.98. The molecule has 0 saturated carbocycles. The lowest BCUT2D eigenvalue weighted by atomic mass is 10.0. The van der Waals surface area contributed by atoms with Crippen LogP contribution in [0.4, 0.5) is 0 Å². The summed E-state index contributed by atoms with van der Waals surface area (Å²) in [5, 5.41) is 0. The number of unbranched alkanes of at least 4 members (excludes halogenated alkanes) is 4. The largest absolute Gasteiger partial charge is 0.331 e. The van der Waals surface area contributed by atoms with Crippen molar-refractivity contribution in [2.45, 2.75) is 45.4 Å². The zero-order valence-electron chi connectivity index (χ0n) is 12.8. The number of hydrogen-bond donors (Lipinski definition) is 0. The standard InChI is InChI=1S/C17H30N/c1-7-17(15-16(2)3)13-11-9-8-10-12-14-18(4,5)6/h1,15H,2,8-14H2,3-6H3/q+1. The highest BCUT2D eigenvalue weighted by Crippen LogP contribution is 2.12. The van der Waals surface area contributed by atoms with Gasteiger partial charge in [-0.15, -0.1) is 6.42 Å². The van der Waals surface area contributed by atoms with Gasteiger partial charge in [-0.25, -0.2) is 0 Å². The third kappa shape index (κ3) is 11.5. The quantitative estimate of drug-likeness (QED) is 0.249. The molecule has 0 atom stereocenters. The summed E-state index contributed by atoms with van der Waals surface area (Å²) in [7, 11) is 6.75. The minimum atomic E-state index is 1.03. The molecule has 0 rings (SSSR count). The molecule has 1 nitrogen and oxygen atoms in total.